The summed E-state index contributed by atoms with van der Waals surface area (Å²) in [4.78, 5) is 16.5. The third-order valence-corrected chi connectivity index (χ3v) is 4.34. The van der Waals surface area contributed by atoms with Crippen molar-refractivity contribution >= 4 is 6.03 Å². The summed E-state index contributed by atoms with van der Waals surface area (Å²) in [5, 5.41) is 3.21. The van der Waals surface area contributed by atoms with Gasteiger partial charge in [0.1, 0.15) is 0 Å². The van der Waals surface area contributed by atoms with Crippen LogP contribution in [0.15, 0.2) is 24.3 Å². The maximum Gasteiger partial charge on any atom is 0.317 e. The number of likely N-dealkylation sites (N-methyl/N-ethyl adjacent to an activating group) is 1. The molecule has 0 unspecified atom stereocenters. The molecule has 0 spiro atoms. The van der Waals surface area contributed by atoms with Gasteiger partial charge in [0.05, 0.1) is 6.61 Å². The van der Waals surface area contributed by atoms with E-state index in [1.54, 1.807) is 7.11 Å². The Morgan fingerprint density at radius 1 is 1.22 bits per heavy atom. The first-order valence-electron chi connectivity index (χ1n) is 8.36. The van der Waals surface area contributed by atoms with Gasteiger partial charge in [0.15, 0.2) is 0 Å². The second-order valence-corrected chi connectivity index (χ2v) is 6.44. The van der Waals surface area contributed by atoms with Crippen LogP contribution in [0.5, 0.6) is 0 Å². The van der Waals surface area contributed by atoms with Crippen LogP contribution in [-0.4, -0.2) is 69.3 Å². The number of ether oxygens (including phenoxy) is 1. The zero-order valence-electron chi connectivity index (χ0n) is 14.5. The molecule has 0 aromatic heterocycles. The molecule has 1 N–H and O–H groups in total. The van der Waals surface area contributed by atoms with Gasteiger partial charge in [-0.15, -0.1) is 0 Å². The summed E-state index contributed by atoms with van der Waals surface area (Å²) in [6.45, 7) is 2.75. The highest BCUT2D eigenvalue weighted by atomic mass is 16.5. The lowest BCUT2D eigenvalue weighted by molar-refractivity contribution is 0.143. The molecule has 0 saturated heterocycles. The van der Waals surface area contributed by atoms with Crippen molar-refractivity contribution in [2.24, 2.45) is 0 Å². The quantitative estimate of drug-likeness (QED) is 0.833. The number of benzene rings is 1. The van der Waals surface area contributed by atoms with Crippen molar-refractivity contribution in [1.82, 2.24) is 15.1 Å². The predicted octanol–water partition coefficient (Wildman–Crippen LogP) is 1.76. The number of amides is 2. The minimum Gasteiger partial charge on any atom is -0.383 e. The van der Waals surface area contributed by atoms with Gasteiger partial charge in [-0.3, -0.25) is 0 Å². The van der Waals surface area contributed by atoms with Gasteiger partial charge in [-0.05, 0) is 44.5 Å². The van der Waals surface area contributed by atoms with Crippen molar-refractivity contribution < 1.29 is 9.53 Å². The topological polar surface area (TPSA) is 44.8 Å². The van der Waals surface area contributed by atoms with Gasteiger partial charge >= 0.3 is 6.03 Å². The highest BCUT2D eigenvalue weighted by Gasteiger charge is 2.22. The summed E-state index contributed by atoms with van der Waals surface area (Å²) in [5.74, 6) is 0. The molecule has 2 amide bonds. The van der Waals surface area contributed by atoms with Crippen LogP contribution in [0.3, 0.4) is 0 Å². The molecule has 0 radical (unpaired) electrons. The van der Waals surface area contributed by atoms with Gasteiger partial charge in [0.2, 0.25) is 0 Å². The number of urea groups is 1. The summed E-state index contributed by atoms with van der Waals surface area (Å²) in [7, 11) is 5.70. The number of fused-ring (bicyclic) bond motifs is 1. The molecule has 1 aliphatic carbocycles. The normalized spacial score (nSPS) is 17.0. The Balaban J connectivity index is 1.90. The van der Waals surface area contributed by atoms with Gasteiger partial charge in [-0.2, -0.15) is 0 Å². The molecule has 0 heterocycles. The molecule has 1 aliphatic rings. The second-order valence-electron chi connectivity index (χ2n) is 6.44. The Hall–Kier alpha value is -1.59. The fraction of sp³-hybridized carbons (Fsp3) is 0.611. The van der Waals surface area contributed by atoms with Crippen LogP contribution in [0.1, 0.15) is 17.5 Å². The highest BCUT2D eigenvalue weighted by Crippen LogP contribution is 2.21. The van der Waals surface area contributed by atoms with Gasteiger partial charge in [0.25, 0.3) is 0 Å². The van der Waals surface area contributed by atoms with Crippen LogP contribution in [0.25, 0.3) is 0 Å². The summed E-state index contributed by atoms with van der Waals surface area (Å²) in [6, 6.07) is 8.77. The first kappa shape index (κ1) is 17.8. The third kappa shape index (κ3) is 5.52. The third-order valence-electron chi connectivity index (χ3n) is 4.34. The molecule has 0 aliphatic heterocycles. The maximum atomic E-state index is 12.6. The van der Waals surface area contributed by atoms with Crippen LogP contribution < -0.4 is 5.32 Å². The number of methoxy groups -OCH3 is 1. The molecule has 1 aromatic rings. The lowest BCUT2D eigenvalue weighted by Gasteiger charge is -2.30. The van der Waals surface area contributed by atoms with E-state index in [4.69, 9.17) is 4.74 Å². The largest absolute Gasteiger partial charge is 0.383 e. The molecule has 1 atom stereocenters. The number of rotatable bonds is 7. The number of aryl methyl sites for hydroxylation is 1. The zero-order valence-corrected chi connectivity index (χ0v) is 14.5. The monoisotopic (exact) mass is 319 g/mol. The zero-order chi connectivity index (χ0) is 16.7. The minimum absolute atomic E-state index is 0.0216. The van der Waals surface area contributed by atoms with E-state index in [1.165, 1.54) is 11.1 Å². The minimum atomic E-state index is 0.0216. The van der Waals surface area contributed by atoms with Crippen molar-refractivity contribution in [3.63, 3.8) is 0 Å². The lowest BCUT2D eigenvalue weighted by Crippen LogP contribution is -2.49. The van der Waals surface area contributed by atoms with Crippen LogP contribution in [0.4, 0.5) is 4.79 Å². The number of hydrogen-bond acceptors (Lipinski definition) is 3. The molecule has 0 fully saturated rings. The van der Waals surface area contributed by atoms with Gasteiger partial charge < -0.3 is 19.9 Å². The first-order valence-corrected chi connectivity index (χ1v) is 8.36. The number of carbonyl (C=O) groups excluding carboxylic acids is 1. The molecule has 128 valence electrons. The van der Waals surface area contributed by atoms with E-state index in [2.05, 4.69) is 34.5 Å². The average molecular weight is 319 g/mol. The van der Waals surface area contributed by atoms with Gasteiger partial charge in [-0.1, -0.05) is 24.3 Å². The lowest BCUT2D eigenvalue weighted by atomic mass is 9.88. The highest BCUT2D eigenvalue weighted by molar-refractivity contribution is 5.74. The summed E-state index contributed by atoms with van der Waals surface area (Å²) in [6.07, 6.45) is 2.97. The van der Waals surface area contributed by atoms with E-state index < -0.39 is 0 Å². The van der Waals surface area contributed by atoms with Crippen LogP contribution >= 0.6 is 0 Å². The van der Waals surface area contributed by atoms with Crippen LogP contribution in [0, 0.1) is 0 Å². The van der Waals surface area contributed by atoms with Crippen LogP contribution in [-0.2, 0) is 17.6 Å². The van der Waals surface area contributed by atoms with E-state index in [1.807, 2.05) is 19.0 Å². The average Bonchev–Trinajstić information content (AvgIpc) is 2.54. The molecule has 5 heteroatoms. The molecule has 23 heavy (non-hydrogen) atoms. The Kier molecular flexibility index (Phi) is 6.86. The second kappa shape index (κ2) is 8.89. The molecular weight excluding hydrogens is 290 g/mol. The Labute approximate surface area is 139 Å². The molecular formula is C18H29N3O2. The summed E-state index contributed by atoms with van der Waals surface area (Å²) >= 11 is 0. The number of nitrogens with zero attached hydrogens (tertiary/aromatic N) is 2. The molecule has 5 nitrogen and oxygen atoms in total. The van der Waals surface area contributed by atoms with Crippen molar-refractivity contribution in [3.8, 4) is 0 Å². The van der Waals surface area contributed by atoms with Crippen molar-refractivity contribution in [2.75, 3.05) is 47.4 Å². The summed E-state index contributed by atoms with van der Waals surface area (Å²) < 4.78 is 5.13. The Morgan fingerprint density at radius 2 is 1.96 bits per heavy atom. The van der Waals surface area contributed by atoms with E-state index in [9.17, 15) is 4.79 Å². The van der Waals surface area contributed by atoms with E-state index in [-0.39, 0.29) is 12.1 Å². The summed E-state index contributed by atoms with van der Waals surface area (Å²) in [5.41, 5.74) is 2.78. The Bertz CT molecular complexity index is 505. The number of hydrogen-bond donors (Lipinski definition) is 1. The van der Waals surface area contributed by atoms with Crippen LogP contribution in [0.2, 0.25) is 0 Å². The maximum absolute atomic E-state index is 12.6. The molecule has 2 rings (SSSR count). The van der Waals surface area contributed by atoms with Gasteiger partial charge in [0, 0.05) is 32.8 Å². The Morgan fingerprint density at radius 3 is 2.65 bits per heavy atom. The molecule has 0 saturated carbocycles. The smallest absolute Gasteiger partial charge is 0.317 e. The number of nitrogens with one attached hydrogen (secondary N) is 1. The van der Waals surface area contributed by atoms with Crippen molar-refractivity contribution in [3.05, 3.63) is 35.4 Å². The van der Waals surface area contributed by atoms with E-state index >= 15 is 0 Å². The fourth-order valence-corrected chi connectivity index (χ4v) is 2.92. The number of carbonyl (C=O) groups is 1. The standard InChI is InChI=1S/C18H29N3O2/c1-20(2)10-11-21(12-13-23-3)18(22)19-17-9-8-15-6-4-5-7-16(15)14-17/h4-7,17H,8-14H2,1-3H3,(H,19,22)/t17-/m0/s1. The predicted molar refractivity (Wildman–Crippen MR) is 92.8 cm³/mol. The van der Waals surface area contributed by atoms with E-state index in [0.29, 0.717) is 19.7 Å². The van der Waals surface area contributed by atoms with Crippen molar-refractivity contribution in [2.45, 2.75) is 25.3 Å². The SMILES string of the molecule is COCCN(CCN(C)C)C(=O)N[C@H]1CCc2ccccc2C1. The first-order chi connectivity index (χ1) is 11.1. The van der Waals surface area contributed by atoms with E-state index in [0.717, 1.165) is 25.8 Å². The van der Waals surface area contributed by atoms with Crippen molar-refractivity contribution in [1.29, 1.82) is 0 Å². The molecule has 0 bridgehead atoms. The molecule has 1 aromatic carbocycles. The van der Waals surface area contributed by atoms with Gasteiger partial charge in [-0.25, -0.2) is 4.79 Å². The fourth-order valence-electron chi connectivity index (χ4n) is 2.92.